The number of benzene rings is 2. The van der Waals surface area contributed by atoms with Crippen LogP contribution in [0, 0.1) is 27.2 Å². The molecule has 114 valence electrons. The number of nitro benzene ring substituents is 2. The molecule has 2 rings (SSSR count). The lowest BCUT2D eigenvalue weighted by molar-refractivity contribution is -0.395. The van der Waals surface area contributed by atoms with Crippen molar-refractivity contribution in [2.75, 3.05) is 0 Å². The van der Waals surface area contributed by atoms with E-state index in [1.165, 1.54) is 0 Å². The molecule has 0 bridgehead atoms. The molecule has 0 aliphatic rings. The minimum atomic E-state index is -0.897. The monoisotopic (exact) mass is 304 g/mol. The van der Waals surface area contributed by atoms with Crippen LogP contribution in [0.3, 0.4) is 0 Å². The van der Waals surface area contributed by atoms with Crippen LogP contribution in [0.4, 0.5) is 11.4 Å². The molecule has 0 saturated carbocycles. The molecule has 0 unspecified atom stereocenters. The average molecular weight is 304 g/mol. The minimum Gasteiger partial charge on any atom is -0.502 e. The lowest BCUT2D eigenvalue weighted by Gasteiger charge is -2.08. The van der Waals surface area contributed by atoms with E-state index in [2.05, 4.69) is 0 Å². The van der Waals surface area contributed by atoms with Gasteiger partial charge in [0.05, 0.1) is 9.85 Å². The van der Waals surface area contributed by atoms with Gasteiger partial charge in [0.25, 0.3) is 0 Å². The Balaban J connectivity index is 2.29. The van der Waals surface area contributed by atoms with Crippen molar-refractivity contribution in [1.29, 1.82) is 0 Å². The van der Waals surface area contributed by atoms with Gasteiger partial charge in [-0.15, -0.1) is 0 Å². The smallest absolute Gasteiger partial charge is 0.318 e. The van der Waals surface area contributed by atoms with Crippen molar-refractivity contribution >= 4 is 11.4 Å². The predicted octanol–water partition coefficient (Wildman–Crippen LogP) is 3.10. The third-order valence-corrected chi connectivity index (χ3v) is 2.96. The lowest BCUT2D eigenvalue weighted by Crippen LogP contribution is -2.00. The standard InChI is InChI=1S/C14H12N2O6/c1-9-2-4-10(5-3-9)8-22-14-7-13(17)11(15(18)19)6-12(14)16(20)21/h2-7,17H,8H2,1H3. The van der Waals surface area contributed by atoms with Crippen molar-refractivity contribution in [2.45, 2.75) is 13.5 Å². The highest BCUT2D eigenvalue weighted by atomic mass is 16.6. The zero-order valence-electron chi connectivity index (χ0n) is 11.6. The number of phenolic OH excluding ortho intramolecular Hbond substituents is 1. The molecule has 1 N–H and O–H groups in total. The maximum absolute atomic E-state index is 11.0. The van der Waals surface area contributed by atoms with Crippen LogP contribution in [0.1, 0.15) is 11.1 Å². The van der Waals surface area contributed by atoms with Crippen LogP contribution in [-0.2, 0) is 6.61 Å². The number of ether oxygens (including phenoxy) is 1. The van der Waals surface area contributed by atoms with Crippen LogP contribution in [0.25, 0.3) is 0 Å². The highest BCUT2D eigenvalue weighted by molar-refractivity contribution is 5.60. The second-order valence-electron chi connectivity index (χ2n) is 4.60. The summed E-state index contributed by atoms with van der Waals surface area (Å²) in [6, 6.07) is 8.88. The second-order valence-corrected chi connectivity index (χ2v) is 4.60. The van der Waals surface area contributed by atoms with E-state index in [4.69, 9.17) is 4.74 Å². The van der Waals surface area contributed by atoms with Gasteiger partial charge in [0.1, 0.15) is 12.7 Å². The van der Waals surface area contributed by atoms with Gasteiger partial charge in [0, 0.05) is 6.07 Å². The molecule has 8 nitrogen and oxygen atoms in total. The first-order valence-corrected chi connectivity index (χ1v) is 6.22. The van der Waals surface area contributed by atoms with Crippen molar-refractivity contribution in [3.63, 3.8) is 0 Å². The van der Waals surface area contributed by atoms with E-state index < -0.39 is 27.0 Å². The van der Waals surface area contributed by atoms with Gasteiger partial charge in [0.15, 0.2) is 5.75 Å². The quantitative estimate of drug-likeness (QED) is 0.670. The SMILES string of the molecule is Cc1ccc(COc2cc(O)c([N+](=O)[O-])cc2[N+](=O)[O-])cc1. The molecule has 2 aromatic carbocycles. The molecule has 0 spiro atoms. The van der Waals surface area contributed by atoms with E-state index >= 15 is 0 Å². The normalized spacial score (nSPS) is 10.2. The average Bonchev–Trinajstić information content (AvgIpc) is 2.46. The van der Waals surface area contributed by atoms with E-state index in [9.17, 15) is 25.3 Å². The molecule has 0 fully saturated rings. The molecular formula is C14H12N2O6. The summed E-state index contributed by atoms with van der Waals surface area (Å²) in [6.07, 6.45) is 0. The number of aryl methyl sites for hydroxylation is 1. The summed E-state index contributed by atoms with van der Waals surface area (Å²) < 4.78 is 5.32. The number of hydrogen-bond acceptors (Lipinski definition) is 6. The summed E-state index contributed by atoms with van der Waals surface area (Å²) in [5.74, 6) is -0.914. The van der Waals surface area contributed by atoms with Crippen LogP contribution in [0.5, 0.6) is 11.5 Å². The number of nitro groups is 2. The largest absolute Gasteiger partial charge is 0.502 e. The molecule has 0 atom stereocenters. The van der Waals surface area contributed by atoms with Crippen molar-refractivity contribution < 1.29 is 19.7 Å². The van der Waals surface area contributed by atoms with Gasteiger partial charge in [-0.3, -0.25) is 20.2 Å². The van der Waals surface area contributed by atoms with Crippen LogP contribution in [0.15, 0.2) is 36.4 Å². The molecule has 2 aromatic rings. The Hall–Kier alpha value is -3.16. The molecule has 0 amide bonds. The molecule has 0 saturated heterocycles. The minimum absolute atomic E-state index is 0.0401. The Labute approximate surface area is 124 Å². The van der Waals surface area contributed by atoms with Gasteiger partial charge in [-0.25, -0.2) is 0 Å². The Morgan fingerprint density at radius 2 is 1.64 bits per heavy atom. The number of aromatic hydroxyl groups is 1. The topological polar surface area (TPSA) is 116 Å². The zero-order valence-corrected chi connectivity index (χ0v) is 11.6. The Bertz CT molecular complexity index is 727. The summed E-state index contributed by atoms with van der Waals surface area (Å²) in [6.45, 7) is 1.96. The number of hydrogen-bond donors (Lipinski definition) is 1. The lowest BCUT2D eigenvalue weighted by atomic mass is 10.2. The highest BCUT2D eigenvalue weighted by Gasteiger charge is 2.25. The van der Waals surface area contributed by atoms with Crippen LogP contribution in [-0.4, -0.2) is 15.0 Å². The Morgan fingerprint density at radius 3 is 2.18 bits per heavy atom. The second kappa shape index (κ2) is 6.08. The summed E-state index contributed by atoms with van der Waals surface area (Å²) in [7, 11) is 0. The van der Waals surface area contributed by atoms with Gasteiger partial charge >= 0.3 is 11.4 Å². The maximum Gasteiger partial charge on any atom is 0.318 e. The summed E-state index contributed by atoms with van der Waals surface area (Å²) in [5.41, 5.74) is 0.520. The highest BCUT2D eigenvalue weighted by Crippen LogP contribution is 2.38. The van der Waals surface area contributed by atoms with Crippen molar-refractivity contribution in [2.24, 2.45) is 0 Å². The number of phenols is 1. The third kappa shape index (κ3) is 3.29. The third-order valence-electron chi connectivity index (χ3n) is 2.96. The van der Waals surface area contributed by atoms with Crippen molar-refractivity contribution in [1.82, 2.24) is 0 Å². The molecule has 0 radical (unpaired) electrons. The number of rotatable bonds is 5. The van der Waals surface area contributed by atoms with E-state index in [0.29, 0.717) is 6.07 Å². The van der Waals surface area contributed by atoms with Gasteiger partial charge in [0.2, 0.25) is 5.75 Å². The predicted molar refractivity (Wildman–Crippen MR) is 76.9 cm³/mol. The van der Waals surface area contributed by atoms with E-state index in [0.717, 1.165) is 17.2 Å². The molecule has 0 aliphatic heterocycles. The Kier molecular flexibility index (Phi) is 4.21. The summed E-state index contributed by atoms with van der Waals surface area (Å²) in [4.78, 5) is 20.0. The fourth-order valence-electron chi connectivity index (χ4n) is 1.80. The van der Waals surface area contributed by atoms with Crippen LogP contribution >= 0.6 is 0 Å². The summed E-state index contributed by atoms with van der Waals surface area (Å²) in [5, 5.41) is 31.2. The van der Waals surface area contributed by atoms with E-state index in [1.807, 2.05) is 19.1 Å². The van der Waals surface area contributed by atoms with Crippen molar-refractivity contribution in [3.05, 3.63) is 67.8 Å². The van der Waals surface area contributed by atoms with Gasteiger partial charge in [-0.05, 0) is 12.5 Å². The maximum atomic E-state index is 11.0. The molecule has 0 heterocycles. The van der Waals surface area contributed by atoms with Crippen LogP contribution < -0.4 is 4.74 Å². The zero-order chi connectivity index (χ0) is 16.3. The first-order chi connectivity index (χ1) is 10.4. The van der Waals surface area contributed by atoms with Gasteiger partial charge < -0.3 is 9.84 Å². The van der Waals surface area contributed by atoms with Crippen LogP contribution in [0.2, 0.25) is 0 Å². The summed E-state index contributed by atoms with van der Waals surface area (Å²) >= 11 is 0. The number of nitrogens with zero attached hydrogens (tertiary/aromatic N) is 2. The Morgan fingerprint density at radius 1 is 1.05 bits per heavy atom. The molecule has 0 aromatic heterocycles. The fraction of sp³-hybridized carbons (Fsp3) is 0.143. The molecule has 0 aliphatic carbocycles. The molecule has 22 heavy (non-hydrogen) atoms. The first kappa shape index (κ1) is 15.2. The van der Waals surface area contributed by atoms with E-state index in [1.54, 1.807) is 12.1 Å². The fourth-order valence-corrected chi connectivity index (χ4v) is 1.80. The van der Waals surface area contributed by atoms with Gasteiger partial charge in [-0.1, -0.05) is 29.8 Å². The van der Waals surface area contributed by atoms with E-state index in [-0.39, 0.29) is 12.4 Å². The molecular weight excluding hydrogens is 292 g/mol. The first-order valence-electron chi connectivity index (χ1n) is 6.22. The van der Waals surface area contributed by atoms with Gasteiger partial charge in [-0.2, -0.15) is 0 Å². The molecule has 8 heteroatoms. The van der Waals surface area contributed by atoms with Crippen molar-refractivity contribution in [3.8, 4) is 11.5 Å².